The summed E-state index contributed by atoms with van der Waals surface area (Å²) >= 11 is 0. The lowest BCUT2D eigenvalue weighted by molar-refractivity contribution is 0.392. The van der Waals surface area contributed by atoms with Crippen LogP contribution >= 0.6 is 0 Å². The van der Waals surface area contributed by atoms with Crippen LogP contribution in [0.2, 0.25) is 0 Å². The number of aryl methyl sites for hydroxylation is 1. The molecule has 88 valence electrons. The van der Waals surface area contributed by atoms with E-state index in [1.165, 1.54) is 0 Å². The third kappa shape index (κ3) is 1.69. The Morgan fingerprint density at radius 1 is 1.12 bits per heavy atom. The zero-order valence-electron chi connectivity index (χ0n) is 11.2. The lowest BCUT2D eigenvalue weighted by Gasteiger charge is -2.24. The lowest BCUT2D eigenvalue weighted by atomic mass is 10.0. The Kier molecular flexibility index (Phi) is 2.45. The number of imidazole rings is 1. The standard InChI is InChI=1S/C10H16B2N4O/c1-10(2,3)16-7(17)5-6(14-9(16)12)13-8(11)15(5)4/h11-12H2,1-4H3. The SMILES string of the molecule is Bc1nc2nc(B)n(C)c2c(=O)n1C(C)(C)C. The maximum atomic E-state index is 12.5. The molecule has 0 saturated carbocycles. The van der Waals surface area contributed by atoms with Crippen molar-refractivity contribution in [2.45, 2.75) is 26.3 Å². The fourth-order valence-electron chi connectivity index (χ4n) is 2.16. The first-order valence-corrected chi connectivity index (χ1v) is 5.66. The fourth-order valence-corrected chi connectivity index (χ4v) is 2.16. The van der Waals surface area contributed by atoms with Gasteiger partial charge in [-0.3, -0.25) is 9.36 Å². The molecule has 2 rings (SSSR count). The van der Waals surface area contributed by atoms with Crippen LogP contribution in [0.25, 0.3) is 11.2 Å². The minimum atomic E-state index is -0.277. The summed E-state index contributed by atoms with van der Waals surface area (Å²) in [5.41, 5.74) is 2.31. The van der Waals surface area contributed by atoms with Crippen LogP contribution in [0, 0.1) is 0 Å². The largest absolute Gasteiger partial charge is 0.334 e. The highest BCUT2D eigenvalue weighted by atomic mass is 16.1. The topological polar surface area (TPSA) is 52.7 Å². The van der Waals surface area contributed by atoms with Gasteiger partial charge in [-0.15, -0.1) is 0 Å². The summed E-state index contributed by atoms with van der Waals surface area (Å²) in [6.07, 6.45) is 0. The van der Waals surface area contributed by atoms with Gasteiger partial charge in [0.15, 0.2) is 26.9 Å². The molecule has 5 nitrogen and oxygen atoms in total. The van der Waals surface area contributed by atoms with Crippen molar-refractivity contribution in [1.82, 2.24) is 19.1 Å². The van der Waals surface area contributed by atoms with E-state index in [2.05, 4.69) is 9.97 Å². The van der Waals surface area contributed by atoms with Crippen LogP contribution in [0.15, 0.2) is 4.79 Å². The molecule has 17 heavy (non-hydrogen) atoms. The van der Waals surface area contributed by atoms with Gasteiger partial charge in [0.2, 0.25) is 0 Å². The number of fused-ring (bicyclic) bond motifs is 1. The first-order chi connectivity index (χ1) is 7.73. The molecular weight excluding hydrogens is 214 g/mol. The normalized spacial score (nSPS) is 12.2. The van der Waals surface area contributed by atoms with Gasteiger partial charge in [0.25, 0.3) is 5.56 Å². The van der Waals surface area contributed by atoms with E-state index in [9.17, 15) is 4.79 Å². The Morgan fingerprint density at radius 3 is 2.18 bits per heavy atom. The summed E-state index contributed by atoms with van der Waals surface area (Å²) in [4.78, 5) is 21.2. The van der Waals surface area contributed by atoms with Crippen molar-refractivity contribution in [2.75, 3.05) is 0 Å². The molecule has 0 radical (unpaired) electrons. The van der Waals surface area contributed by atoms with Crippen LogP contribution in [0.4, 0.5) is 0 Å². The molecular formula is C10H16B2N4O. The van der Waals surface area contributed by atoms with E-state index in [1.54, 1.807) is 9.13 Å². The van der Waals surface area contributed by atoms with Gasteiger partial charge in [0.05, 0.1) is 11.4 Å². The summed E-state index contributed by atoms with van der Waals surface area (Å²) in [7, 11) is 5.56. The van der Waals surface area contributed by atoms with Crippen LogP contribution < -0.4 is 17.0 Å². The number of rotatable bonds is 0. The first kappa shape index (κ1) is 12.0. The van der Waals surface area contributed by atoms with E-state index in [0.717, 1.165) is 5.72 Å². The van der Waals surface area contributed by atoms with E-state index in [4.69, 9.17) is 0 Å². The third-order valence-electron chi connectivity index (χ3n) is 2.97. The molecule has 0 fully saturated rings. The molecule has 7 heteroatoms. The van der Waals surface area contributed by atoms with Gasteiger partial charge < -0.3 is 4.57 Å². The Balaban J connectivity index is 2.99. The molecule has 0 atom stereocenters. The van der Waals surface area contributed by atoms with Gasteiger partial charge in [-0.2, -0.15) is 0 Å². The predicted octanol–water partition coefficient (Wildman–Crippen LogP) is -2.60. The van der Waals surface area contributed by atoms with Gasteiger partial charge in [0.1, 0.15) is 0 Å². The van der Waals surface area contributed by atoms with Gasteiger partial charge in [-0.25, -0.2) is 9.97 Å². The van der Waals surface area contributed by atoms with Crippen molar-refractivity contribution in [3.63, 3.8) is 0 Å². The summed E-state index contributed by atoms with van der Waals surface area (Å²) in [5.74, 6) is 0. The zero-order chi connectivity index (χ0) is 13.0. The summed E-state index contributed by atoms with van der Waals surface area (Å²) in [6.45, 7) is 5.99. The second-order valence-electron chi connectivity index (χ2n) is 5.36. The van der Waals surface area contributed by atoms with E-state index < -0.39 is 0 Å². The minimum absolute atomic E-state index is 0.0249. The smallest absolute Gasteiger partial charge is 0.279 e. The Bertz CT molecular complexity index is 651. The quantitative estimate of drug-likeness (QED) is 0.466. The van der Waals surface area contributed by atoms with Crippen molar-refractivity contribution in [2.24, 2.45) is 7.05 Å². The van der Waals surface area contributed by atoms with Crippen molar-refractivity contribution >= 4 is 38.3 Å². The molecule has 0 aliphatic rings. The van der Waals surface area contributed by atoms with Crippen molar-refractivity contribution in [3.8, 4) is 0 Å². The molecule has 0 N–H and O–H groups in total. The summed E-state index contributed by atoms with van der Waals surface area (Å²) < 4.78 is 3.52. The van der Waals surface area contributed by atoms with Crippen LogP contribution in [-0.4, -0.2) is 34.8 Å². The molecule has 2 aromatic rings. The second kappa shape index (κ2) is 3.48. The van der Waals surface area contributed by atoms with E-state index >= 15 is 0 Å². The van der Waals surface area contributed by atoms with Crippen molar-refractivity contribution in [1.29, 1.82) is 0 Å². The molecule has 0 amide bonds. The molecule has 0 saturated heterocycles. The minimum Gasteiger partial charge on any atom is -0.334 e. The Morgan fingerprint density at radius 2 is 1.65 bits per heavy atom. The first-order valence-electron chi connectivity index (χ1n) is 5.66. The predicted molar refractivity (Wildman–Crippen MR) is 74.1 cm³/mol. The monoisotopic (exact) mass is 230 g/mol. The number of hydrogen-bond acceptors (Lipinski definition) is 3. The maximum Gasteiger partial charge on any atom is 0.279 e. The molecule has 0 spiro atoms. The molecule has 0 aliphatic carbocycles. The Labute approximate surface area is 102 Å². The molecule has 2 heterocycles. The van der Waals surface area contributed by atoms with Gasteiger partial charge >= 0.3 is 0 Å². The molecule has 2 aromatic heterocycles. The van der Waals surface area contributed by atoms with E-state index in [-0.39, 0.29) is 11.1 Å². The van der Waals surface area contributed by atoms with Crippen LogP contribution in [-0.2, 0) is 12.6 Å². The van der Waals surface area contributed by atoms with Crippen LogP contribution in [0.5, 0.6) is 0 Å². The summed E-state index contributed by atoms with van der Waals surface area (Å²) in [6, 6.07) is 0. The van der Waals surface area contributed by atoms with Crippen molar-refractivity contribution < 1.29 is 0 Å². The van der Waals surface area contributed by atoms with Crippen LogP contribution in [0.3, 0.4) is 0 Å². The van der Waals surface area contributed by atoms with Gasteiger partial charge in [-0.1, -0.05) is 0 Å². The highest BCUT2D eigenvalue weighted by Gasteiger charge is 2.21. The summed E-state index contributed by atoms with van der Waals surface area (Å²) in [5, 5.41) is 0. The number of aromatic nitrogens is 4. The molecule has 0 bridgehead atoms. The fraction of sp³-hybridized carbons (Fsp3) is 0.500. The Hall–Kier alpha value is -1.52. The average molecular weight is 230 g/mol. The molecule has 0 aromatic carbocycles. The third-order valence-corrected chi connectivity index (χ3v) is 2.97. The maximum absolute atomic E-state index is 12.5. The second-order valence-corrected chi connectivity index (χ2v) is 5.36. The molecule has 0 unspecified atom stereocenters. The molecule has 0 aliphatic heterocycles. The van der Waals surface area contributed by atoms with Gasteiger partial charge in [-0.05, 0) is 20.8 Å². The average Bonchev–Trinajstić information content (AvgIpc) is 2.39. The van der Waals surface area contributed by atoms with Gasteiger partial charge in [0, 0.05) is 12.6 Å². The van der Waals surface area contributed by atoms with Crippen molar-refractivity contribution in [3.05, 3.63) is 10.4 Å². The highest BCUT2D eigenvalue weighted by Crippen LogP contribution is 2.10. The van der Waals surface area contributed by atoms with Crippen LogP contribution in [0.1, 0.15) is 20.8 Å². The number of nitrogens with zero attached hydrogens (tertiary/aromatic N) is 4. The van der Waals surface area contributed by atoms with E-state index in [0.29, 0.717) is 16.9 Å². The zero-order valence-corrected chi connectivity index (χ0v) is 11.2. The highest BCUT2D eigenvalue weighted by molar-refractivity contribution is 6.31. The number of hydrogen-bond donors (Lipinski definition) is 0. The lowest BCUT2D eigenvalue weighted by Crippen LogP contribution is -2.45. The van der Waals surface area contributed by atoms with E-state index in [1.807, 2.05) is 43.5 Å².